The molecular weight excluding hydrogens is 450 g/mol. The van der Waals surface area contributed by atoms with Gasteiger partial charge in [0.05, 0.1) is 11.6 Å². The minimum absolute atomic E-state index is 0.0371. The molecule has 1 aromatic heterocycles. The van der Waals surface area contributed by atoms with Crippen molar-refractivity contribution >= 4 is 45.5 Å². The number of ketones is 1. The van der Waals surface area contributed by atoms with Crippen molar-refractivity contribution in [3.05, 3.63) is 87.9 Å². The van der Waals surface area contributed by atoms with Crippen LogP contribution in [0.25, 0.3) is 5.76 Å². The summed E-state index contributed by atoms with van der Waals surface area (Å²) in [5, 5.41) is 20.5. The lowest BCUT2D eigenvalue weighted by Crippen LogP contribution is -2.29. The van der Waals surface area contributed by atoms with Crippen molar-refractivity contribution in [2.75, 3.05) is 11.5 Å². The maximum absolute atomic E-state index is 13.1. The third-order valence-corrected chi connectivity index (χ3v) is 5.94. The summed E-state index contributed by atoms with van der Waals surface area (Å²) in [6.07, 6.45) is 1.63. The normalized spacial score (nSPS) is 17.6. The molecule has 1 aliphatic heterocycles. The zero-order chi connectivity index (χ0) is 22.8. The van der Waals surface area contributed by atoms with E-state index in [9.17, 15) is 14.7 Å². The van der Waals surface area contributed by atoms with Crippen LogP contribution in [0, 0.1) is 6.92 Å². The van der Waals surface area contributed by atoms with Gasteiger partial charge in [0.25, 0.3) is 5.78 Å². The molecule has 1 amide bonds. The lowest BCUT2D eigenvalue weighted by atomic mass is 9.95. The molecule has 0 bridgehead atoms. The van der Waals surface area contributed by atoms with Crippen LogP contribution in [0.5, 0.6) is 5.75 Å². The number of aliphatic hydroxyl groups excluding tert-OH is 1. The Labute approximate surface area is 193 Å². The summed E-state index contributed by atoms with van der Waals surface area (Å²) < 4.78 is 5.52. The molecule has 1 fully saturated rings. The minimum atomic E-state index is -0.883. The molecule has 1 N–H and O–H groups in total. The van der Waals surface area contributed by atoms with Gasteiger partial charge in [-0.3, -0.25) is 14.5 Å². The Morgan fingerprint density at radius 3 is 2.47 bits per heavy atom. The number of hydrogen-bond donors (Lipinski definition) is 1. The van der Waals surface area contributed by atoms with Crippen LogP contribution in [0.1, 0.15) is 22.2 Å². The van der Waals surface area contributed by atoms with Crippen LogP contribution in [0.3, 0.4) is 0 Å². The molecule has 32 heavy (non-hydrogen) atoms. The van der Waals surface area contributed by atoms with Gasteiger partial charge in [-0.1, -0.05) is 47.7 Å². The van der Waals surface area contributed by atoms with E-state index in [1.165, 1.54) is 16.2 Å². The molecule has 4 rings (SSSR count). The van der Waals surface area contributed by atoms with Crippen LogP contribution in [-0.4, -0.2) is 33.6 Å². The number of aromatic nitrogens is 2. The number of anilines is 1. The van der Waals surface area contributed by atoms with Gasteiger partial charge in [-0.25, -0.2) is 0 Å². The summed E-state index contributed by atoms with van der Waals surface area (Å²) in [6.45, 7) is 5.72. The van der Waals surface area contributed by atoms with Gasteiger partial charge in [-0.15, -0.1) is 10.2 Å². The van der Waals surface area contributed by atoms with Crippen molar-refractivity contribution in [3.63, 3.8) is 0 Å². The zero-order valence-corrected chi connectivity index (χ0v) is 18.6. The van der Waals surface area contributed by atoms with E-state index in [4.69, 9.17) is 16.3 Å². The lowest BCUT2D eigenvalue weighted by Gasteiger charge is -2.22. The van der Waals surface area contributed by atoms with E-state index in [2.05, 4.69) is 16.8 Å². The molecule has 7 nitrogen and oxygen atoms in total. The number of halogens is 1. The third-order valence-electron chi connectivity index (χ3n) is 4.85. The maximum Gasteiger partial charge on any atom is 0.301 e. The first-order valence-electron chi connectivity index (χ1n) is 9.61. The number of Topliss-reactive ketones (excluding diaryl/α,β-unsaturated/α-hetero) is 1. The Morgan fingerprint density at radius 1 is 1.19 bits per heavy atom. The lowest BCUT2D eigenvalue weighted by molar-refractivity contribution is -0.132. The second-order valence-corrected chi connectivity index (χ2v) is 8.54. The highest BCUT2D eigenvalue weighted by Gasteiger charge is 2.48. The van der Waals surface area contributed by atoms with E-state index in [0.29, 0.717) is 33.5 Å². The van der Waals surface area contributed by atoms with E-state index in [1.807, 2.05) is 0 Å². The van der Waals surface area contributed by atoms with Crippen molar-refractivity contribution in [2.45, 2.75) is 13.0 Å². The average Bonchev–Trinajstić information content (AvgIpc) is 3.33. The first-order valence-corrected chi connectivity index (χ1v) is 10.8. The standard InChI is InChI=1S/C23H18ClN3O4S/c1-3-12-31-17-10-6-14(7-11-17)19-18(20(28)15-4-8-16(24)9-5-15)21(29)22(30)27(19)23-26-25-13(2)32-23/h3-11,19,28H,1,12H2,2H3/b20-18-. The molecule has 2 heterocycles. The molecule has 1 atom stereocenters. The van der Waals surface area contributed by atoms with Crippen molar-refractivity contribution in [1.29, 1.82) is 0 Å². The second kappa shape index (κ2) is 8.94. The van der Waals surface area contributed by atoms with Gasteiger partial charge in [0.1, 0.15) is 23.1 Å². The van der Waals surface area contributed by atoms with Crippen molar-refractivity contribution in [3.8, 4) is 5.75 Å². The number of benzene rings is 2. The number of rotatable bonds is 6. The molecule has 1 saturated heterocycles. The molecule has 9 heteroatoms. The predicted molar refractivity (Wildman–Crippen MR) is 123 cm³/mol. The molecule has 1 aliphatic rings. The number of amides is 1. The van der Waals surface area contributed by atoms with Crippen molar-refractivity contribution in [1.82, 2.24) is 10.2 Å². The number of nitrogens with zero attached hydrogens (tertiary/aromatic N) is 3. The maximum atomic E-state index is 13.1. The fraction of sp³-hybridized carbons (Fsp3) is 0.130. The smallest absolute Gasteiger partial charge is 0.301 e. The van der Waals surface area contributed by atoms with E-state index < -0.39 is 17.7 Å². The number of carbonyl (C=O) groups is 2. The molecule has 0 radical (unpaired) electrons. The minimum Gasteiger partial charge on any atom is -0.507 e. The first kappa shape index (κ1) is 21.7. The van der Waals surface area contributed by atoms with Crippen LogP contribution >= 0.6 is 22.9 Å². The zero-order valence-electron chi connectivity index (χ0n) is 17.0. The molecule has 3 aromatic rings. The monoisotopic (exact) mass is 467 g/mol. The molecule has 0 aliphatic carbocycles. The van der Waals surface area contributed by atoms with E-state index in [0.717, 1.165) is 0 Å². The summed E-state index contributed by atoms with van der Waals surface area (Å²) in [4.78, 5) is 27.3. The van der Waals surface area contributed by atoms with E-state index in [1.54, 1.807) is 61.5 Å². The van der Waals surface area contributed by atoms with Crippen molar-refractivity contribution < 1.29 is 19.4 Å². The Kier molecular flexibility index (Phi) is 6.07. The Morgan fingerprint density at radius 2 is 1.88 bits per heavy atom. The largest absolute Gasteiger partial charge is 0.507 e. The summed E-state index contributed by atoms with van der Waals surface area (Å²) >= 11 is 7.14. The topological polar surface area (TPSA) is 92.6 Å². The average molecular weight is 468 g/mol. The predicted octanol–water partition coefficient (Wildman–Crippen LogP) is 4.69. The summed E-state index contributed by atoms with van der Waals surface area (Å²) in [7, 11) is 0. The Balaban J connectivity index is 1.86. The molecule has 162 valence electrons. The van der Waals surface area contributed by atoms with Gasteiger partial charge in [0, 0.05) is 10.6 Å². The second-order valence-electron chi connectivity index (χ2n) is 6.95. The fourth-order valence-electron chi connectivity index (χ4n) is 3.39. The van der Waals surface area contributed by atoms with Gasteiger partial charge < -0.3 is 9.84 Å². The highest BCUT2D eigenvalue weighted by atomic mass is 35.5. The van der Waals surface area contributed by atoms with Gasteiger partial charge in [0.15, 0.2) is 0 Å². The van der Waals surface area contributed by atoms with E-state index >= 15 is 0 Å². The van der Waals surface area contributed by atoms with Gasteiger partial charge >= 0.3 is 5.91 Å². The molecule has 0 spiro atoms. The fourth-order valence-corrected chi connectivity index (χ4v) is 4.23. The number of aryl methyl sites for hydroxylation is 1. The van der Waals surface area contributed by atoms with Crippen LogP contribution < -0.4 is 9.64 Å². The van der Waals surface area contributed by atoms with Crippen molar-refractivity contribution in [2.24, 2.45) is 0 Å². The quantitative estimate of drug-likeness (QED) is 0.244. The summed E-state index contributed by atoms with van der Waals surface area (Å²) in [6, 6.07) is 12.4. The van der Waals surface area contributed by atoms with Crippen LogP contribution in [-0.2, 0) is 9.59 Å². The number of hydrogen-bond acceptors (Lipinski definition) is 7. The Hall–Kier alpha value is -3.49. The molecule has 0 saturated carbocycles. The van der Waals surface area contributed by atoms with Gasteiger partial charge in [-0.2, -0.15) is 0 Å². The van der Waals surface area contributed by atoms with Crippen LogP contribution in [0.15, 0.2) is 66.8 Å². The number of carbonyl (C=O) groups excluding carboxylic acids is 2. The number of aliphatic hydroxyl groups is 1. The number of ether oxygens (including phenoxy) is 1. The van der Waals surface area contributed by atoms with Gasteiger partial charge in [-0.05, 0) is 48.9 Å². The highest BCUT2D eigenvalue weighted by Crippen LogP contribution is 2.43. The SMILES string of the molecule is C=CCOc1ccc(C2/C(=C(/O)c3ccc(Cl)cc3)C(=O)C(=O)N2c2nnc(C)s2)cc1. The van der Waals surface area contributed by atoms with Crippen LogP contribution in [0.4, 0.5) is 5.13 Å². The highest BCUT2D eigenvalue weighted by molar-refractivity contribution is 7.15. The summed E-state index contributed by atoms with van der Waals surface area (Å²) in [5.41, 5.74) is 0.945. The first-order chi connectivity index (χ1) is 15.4. The molecule has 1 unspecified atom stereocenters. The Bertz CT molecular complexity index is 1220. The molecular formula is C23H18ClN3O4S. The summed E-state index contributed by atoms with van der Waals surface area (Å²) in [5.74, 6) is -1.27. The van der Waals surface area contributed by atoms with Gasteiger partial charge in [0.2, 0.25) is 5.13 Å². The van der Waals surface area contributed by atoms with Crippen LogP contribution in [0.2, 0.25) is 5.02 Å². The molecule has 2 aromatic carbocycles. The van der Waals surface area contributed by atoms with E-state index in [-0.39, 0.29) is 16.5 Å². The third kappa shape index (κ3) is 4.02.